The minimum atomic E-state index is -1.08. The molecule has 132 valence electrons. The highest BCUT2D eigenvalue weighted by Gasteiger charge is 2.27. The first-order valence-corrected chi connectivity index (χ1v) is 9.35. The molecule has 0 radical (unpaired) electrons. The molecule has 3 heterocycles. The lowest BCUT2D eigenvalue weighted by Crippen LogP contribution is -2.47. The minimum absolute atomic E-state index is 0.188. The van der Waals surface area contributed by atoms with Crippen LogP contribution in [0.4, 0.5) is 0 Å². The Hall–Kier alpha value is -2.91. The standard InChI is InChI=1S/C17H14N4O3S2/c18-16(23)15(22)13(7-10-4-6-25-8-10)20-17(24)11-9-26-21-14(11)12-3-1-2-5-19-12/h1-6,8-9,13H,7H2,(H2,18,23)(H,20,24). The second kappa shape index (κ2) is 7.98. The van der Waals surface area contributed by atoms with Crippen LogP contribution < -0.4 is 11.1 Å². The van der Waals surface area contributed by atoms with E-state index in [4.69, 9.17) is 5.73 Å². The third kappa shape index (κ3) is 4.01. The van der Waals surface area contributed by atoms with E-state index in [-0.39, 0.29) is 6.42 Å². The molecule has 0 aliphatic carbocycles. The van der Waals surface area contributed by atoms with Crippen LogP contribution in [0.2, 0.25) is 0 Å². The number of hydrogen-bond donors (Lipinski definition) is 2. The Bertz CT molecular complexity index is 923. The van der Waals surface area contributed by atoms with Crippen molar-refractivity contribution < 1.29 is 14.4 Å². The lowest BCUT2D eigenvalue weighted by molar-refractivity contribution is -0.137. The van der Waals surface area contributed by atoms with Gasteiger partial charge >= 0.3 is 0 Å². The number of Topliss-reactive ketones (excluding diaryl/α,β-unsaturated/α-hetero) is 1. The Morgan fingerprint density at radius 1 is 1.19 bits per heavy atom. The van der Waals surface area contributed by atoms with Crippen molar-refractivity contribution in [3.8, 4) is 11.4 Å². The summed E-state index contributed by atoms with van der Waals surface area (Å²) in [6.07, 6.45) is 1.79. The highest BCUT2D eigenvalue weighted by molar-refractivity contribution is 7.08. The number of aromatic nitrogens is 2. The molecule has 7 nitrogen and oxygen atoms in total. The molecule has 3 aromatic rings. The van der Waals surface area contributed by atoms with Crippen LogP contribution in [0.1, 0.15) is 15.9 Å². The van der Waals surface area contributed by atoms with E-state index >= 15 is 0 Å². The van der Waals surface area contributed by atoms with Crippen LogP contribution >= 0.6 is 22.9 Å². The van der Waals surface area contributed by atoms with Crippen LogP contribution in [-0.2, 0) is 16.0 Å². The summed E-state index contributed by atoms with van der Waals surface area (Å²) in [5.74, 6) is -2.43. The number of thiophene rings is 1. The molecule has 3 rings (SSSR count). The number of nitrogens with one attached hydrogen (secondary N) is 1. The van der Waals surface area contributed by atoms with Crippen LogP contribution in [0.3, 0.4) is 0 Å². The molecule has 0 aliphatic heterocycles. The summed E-state index contributed by atoms with van der Waals surface area (Å²) in [7, 11) is 0. The van der Waals surface area contributed by atoms with Crippen molar-refractivity contribution in [1.29, 1.82) is 0 Å². The van der Waals surface area contributed by atoms with Gasteiger partial charge in [0.1, 0.15) is 11.7 Å². The van der Waals surface area contributed by atoms with E-state index < -0.39 is 23.6 Å². The van der Waals surface area contributed by atoms with E-state index in [0.29, 0.717) is 17.0 Å². The van der Waals surface area contributed by atoms with E-state index in [0.717, 1.165) is 17.1 Å². The molecule has 26 heavy (non-hydrogen) atoms. The topological polar surface area (TPSA) is 115 Å². The fourth-order valence-corrected chi connectivity index (χ4v) is 3.70. The Morgan fingerprint density at radius 3 is 2.69 bits per heavy atom. The van der Waals surface area contributed by atoms with Crippen LogP contribution in [0, 0.1) is 0 Å². The van der Waals surface area contributed by atoms with Crippen molar-refractivity contribution in [2.45, 2.75) is 12.5 Å². The molecule has 1 unspecified atom stereocenters. The first kappa shape index (κ1) is 17.9. The molecular weight excluding hydrogens is 372 g/mol. The van der Waals surface area contributed by atoms with Crippen LogP contribution in [0.5, 0.6) is 0 Å². The summed E-state index contributed by atoms with van der Waals surface area (Å²) in [5, 5.41) is 7.88. The number of primary amides is 1. The van der Waals surface area contributed by atoms with Gasteiger partial charge in [0.05, 0.1) is 11.3 Å². The normalized spacial score (nSPS) is 11.7. The summed E-state index contributed by atoms with van der Waals surface area (Å²) in [5.41, 5.74) is 7.23. The molecule has 1 atom stereocenters. The minimum Gasteiger partial charge on any atom is -0.363 e. The zero-order chi connectivity index (χ0) is 18.5. The number of amides is 2. The third-order valence-corrected chi connectivity index (χ3v) is 4.97. The van der Waals surface area contributed by atoms with Gasteiger partial charge in [-0.3, -0.25) is 19.4 Å². The summed E-state index contributed by atoms with van der Waals surface area (Å²) in [4.78, 5) is 40.3. The van der Waals surface area contributed by atoms with Gasteiger partial charge in [-0.1, -0.05) is 6.07 Å². The molecule has 0 bridgehead atoms. The summed E-state index contributed by atoms with van der Waals surface area (Å²) in [6, 6.07) is 6.08. The van der Waals surface area contributed by atoms with Crippen molar-refractivity contribution in [2.75, 3.05) is 0 Å². The Labute approximate surface area is 157 Å². The van der Waals surface area contributed by atoms with Crippen LogP contribution in [0.25, 0.3) is 11.4 Å². The predicted octanol–water partition coefficient (Wildman–Crippen LogP) is 1.66. The number of rotatable bonds is 7. The summed E-state index contributed by atoms with van der Waals surface area (Å²) >= 11 is 2.57. The Morgan fingerprint density at radius 2 is 2.04 bits per heavy atom. The SMILES string of the molecule is NC(=O)C(=O)C(Cc1ccsc1)NC(=O)c1csnc1-c1ccccn1. The largest absolute Gasteiger partial charge is 0.363 e. The number of nitrogens with two attached hydrogens (primary N) is 1. The lowest BCUT2D eigenvalue weighted by Gasteiger charge is -2.15. The predicted molar refractivity (Wildman–Crippen MR) is 98.8 cm³/mol. The van der Waals surface area contributed by atoms with Crippen molar-refractivity contribution >= 4 is 40.5 Å². The Balaban J connectivity index is 1.83. The highest BCUT2D eigenvalue weighted by atomic mass is 32.1. The fourth-order valence-electron chi connectivity index (χ4n) is 2.35. The van der Waals surface area contributed by atoms with Gasteiger partial charge in [0, 0.05) is 18.0 Å². The number of carbonyl (C=O) groups is 3. The van der Waals surface area contributed by atoms with Crippen molar-refractivity contribution in [2.24, 2.45) is 5.73 Å². The molecule has 0 aromatic carbocycles. The summed E-state index contributed by atoms with van der Waals surface area (Å²) in [6.45, 7) is 0. The number of ketones is 1. The average Bonchev–Trinajstić information content (AvgIpc) is 3.32. The molecule has 0 spiro atoms. The lowest BCUT2D eigenvalue weighted by atomic mass is 10.0. The second-order valence-corrected chi connectivity index (χ2v) is 6.79. The maximum atomic E-state index is 12.7. The zero-order valence-electron chi connectivity index (χ0n) is 13.4. The van der Waals surface area contributed by atoms with Crippen molar-refractivity contribution in [3.63, 3.8) is 0 Å². The highest BCUT2D eigenvalue weighted by Crippen LogP contribution is 2.22. The maximum Gasteiger partial charge on any atom is 0.287 e. The van der Waals surface area contributed by atoms with Crippen LogP contribution in [-0.4, -0.2) is 33.0 Å². The first-order chi connectivity index (χ1) is 12.6. The first-order valence-electron chi connectivity index (χ1n) is 7.57. The molecule has 3 aromatic heterocycles. The molecule has 0 saturated carbocycles. The molecular formula is C17H14N4O3S2. The van der Waals surface area contributed by atoms with Crippen LogP contribution in [0.15, 0.2) is 46.6 Å². The zero-order valence-corrected chi connectivity index (χ0v) is 15.0. The molecule has 9 heteroatoms. The van der Waals surface area contributed by atoms with Gasteiger partial charge in [-0.05, 0) is 46.1 Å². The quantitative estimate of drug-likeness (QED) is 0.599. The van der Waals surface area contributed by atoms with E-state index in [9.17, 15) is 14.4 Å². The van der Waals surface area contributed by atoms with Gasteiger partial charge in [-0.15, -0.1) is 0 Å². The number of carbonyl (C=O) groups excluding carboxylic acids is 3. The molecule has 0 saturated heterocycles. The maximum absolute atomic E-state index is 12.7. The van der Waals surface area contributed by atoms with E-state index in [1.807, 2.05) is 16.8 Å². The van der Waals surface area contributed by atoms with Gasteiger partial charge in [-0.2, -0.15) is 15.7 Å². The molecule has 0 aliphatic rings. The molecule has 3 N–H and O–H groups in total. The van der Waals surface area contributed by atoms with E-state index in [1.54, 1.807) is 29.8 Å². The monoisotopic (exact) mass is 386 g/mol. The van der Waals surface area contributed by atoms with E-state index in [1.165, 1.54) is 11.3 Å². The fraction of sp³-hybridized carbons (Fsp3) is 0.118. The van der Waals surface area contributed by atoms with Gasteiger partial charge < -0.3 is 11.1 Å². The van der Waals surface area contributed by atoms with Gasteiger partial charge in [0.15, 0.2) is 0 Å². The second-order valence-electron chi connectivity index (χ2n) is 5.38. The number of hydrogen-bond acceptors (Lipinski definition) is 7. The molecule has 2 amide bonds. The van der Waals surface area contributed by atoms with Crippen molar-refractivity contribution in [1.82, 2.24) is 14.7 Å². The number of nitrogens with zero attached hydrogens (tertiary/aromatic N) is 2. The van der Waals surface area contributed by atoms with Gasteiger partial charge in [0.2, 0.25) is 5.78 Å². The van der Waals surface area contributed by atoms with Gasteiger partial charge in [0.25, 0.3) is 11.8 Å². The van der Waals surface area contributed by atoms with Crippen molar-refractivity contribution in [3.05, 3.63) is 57.7 Å². The average molecular weight is 386 g/mol. The smallest absolute Gasteiger partial charge is 0.287 e. The summed E-state index contributed by atoms with van der Waals surface area (Å²) < 4.78 is 4.21. The Kier molecular flexibility index (Phi) is 5.49. The number of pyridine rings is 1. The van der Waals surface area contributed by atoms with E-state index in [2.05, 4.69) is 14.7 Å². The third-order valence-electron chi connectivity index (χ3n) is 3.61. The molecule has 0 fully saturated rings. The van der Waals surface area contributed by atoms with Gasteiger partial charge in [-0.25, -0.2) is 0 Å².